The Morgan fingerprint density at radius 1 is 1.08 bits per heavy atom. The number of likely N-dealkylation sites (tertiary alicyclic amines) is 1. The van der Waals surface area contributed by atoms with Crippen LogP contribution in [0.25, 0.3) is 5.57 Å². The lowest BCUT2D eigenvalue weighted by Gasteiger charge is -2.43. The van der Waals surface area contributed by atoms with Gasteiger partial charge in [0.05, 0.1) is 0 Å². The molecule has 3 aliphatic heterocycles. The lowest BCUT2D eigenvalue weighted by molar-refractivity contribution is -0.00116. The number of piperidine rings is 1. The topological polar surface area (TPSA) is 54.5 Å². The first kappa shape index (κ1) is 26.8. The molecule has 2 aromatic carbocycles. The second kappa shape index (κ2) is 10.7. The van der Waals surface area contributed by atoms with Gasteiger partial charge in [0.2, 0.25) is 0 Å². The number of benzene rings is 2. The van der Waals surface area contributed by atoms with Crippen LogP contribution in [0.4, 0.5) is 4.79 Å². The van der Waals surface area contributed by atoms with E-state index in [4.69, 9.17) is 14.2 Å². The van der Waals surface area contributed by atoms with Crippen molar-refractivity contribution in [2.24, 2.45) is 0 Å². The van der Waals surface area contributed by atoms with Crippen LogP contribution in [0.15, 0.2) is 54.6 Å². The largest absolute Gasteiger partial charge is 0.482 e. The minimum absolute atomic E-state index is 0.153. The van der Waals surface area contributed by atoms with Gasteiger partial charge in [-0.25, -0.2) is 4.79 Å². The van der Waals surface area contributed by atoms with Crippen molar-refractivity contribution in [3.05, 3.63) is 71.3 Å². The van der Waals surface area contributed by atoms with Crippen LogP contribution >= 0.6 is 0 Å². The third kappa shape index (κ3) is 5.76. The van der Waals surface area contributed by atoms with Gasteiger partial charge in [0, 0.05) is 38.0 Å². The molecule has 3 aliphatic rings. The zero-order chi connectivity index (χ0) is 26.9. The molecule has 2 fully saturated rings. The van der Waals surface area contributed by atoms with Gasteiger partial charge in [0.25, 0.3) is 0 Å². The average Bonchev–Trinajstić information content (AvgIpc) is 3.69. The summed E-state index contributed by atoms with van der Waals surface area (Å²) in [4.78, 5) is 16.9. The van der Waals surface area contributed by atoms with Gasteiger partial charge in [-0.1, -0.05) is 62.7 Å². The summed E-state index contributed by atoms with van der Waals surface area (Å²) in [7, 11) is 0. The summed E-state index contributed by atoms with van der Waals surface area (Å²) in [5.41, 5.74) is 3.77. The molecule has 0 aliphatic carbocycles. The predicted molar refractivity (Wildman–Crippen MR) is 150 cm³/mol. The molecule has 6 heteroatoms. The molecule has 2 aromatic rings. The second-order valence-corrected chi connectivity index (χ2v) is 11.7. The molecule has 0 saturated carbocycles. The number of fused-ring (bicyclic) bond motifs is 1. The molecule has 0 aromatic heterocycles. The zero-order valence-corrected chi connectivity index (χ0v) is 23.5. The molecule has 0 N–H and O–H groups in total. The summed E-state index contributed by atoms with van der Waals surface area (Å²) < 4.78 is 18.3. The maximum Gasteiger partial charge on any atom is 0.410 e. The number of unbranched alkanes of at least 4 members (excludes halogenated alkanes) is 1. The maximum absolute atomic E-state index is 12.6. The minimum atomic E-state index is -0.498. The van der Waals surface area contributed by atoms with Crippen LogP contribution in [0.5, 0.6) is 5.75 Å². The van der Waals surface area contributed by atoms with Gasteiger partial charge in [-0.05, 0) is 62.6 Å². The van der Waals surface area contributed by atoms with Crippen molar-refractivity contribution in [3.63, 3.8) is 0 Å². The van der Waals surface area contributed by atoms with E-state index in [0.717, 1.165) is 37.2 Å². The Morgan fingerprint density at radius 3 is 2.45 bits per heavy atom. The number of likely N-dealkylation sites (N-methyl/N-ethyl adjacent to an activating group) is 1. The van der Waals surface area contributed by atoms with Crippen LogP contribution in [0.2, 0.25) is 0 Å². The van der Waals surface area contributed by atoms with Gasteiger partial charge >= 0.3 is 6.09 Å². The molecule has 0 bridgehead atoms. The fourth-order valence-corrected chi connectivity index (χ4v) is 5.55. The van der Waals surface area contributed by atoms with Crippen LogP contribution < -0.4 is 4.74 Å². The summed E-state index contributed by atoms with van der Waals surface area (Å²) in [5.74, 6) is 0.903. The quantitative estimate of drug-likeness (QED) is 0.377. The van der Waals surface area contributed by atoms with E-state index in [-0.39, 0.29) is 18.4 Å². The van der Waals surface area contributed by atoms with Crippen LogP contribution in [0.1, 0.15) is 83.1 Å². The van der Waals surface area contributed by atoms with Crippen molar-refractivity contribution in [2.45, 2.75) is 83.8 Å². The molecular formula is C32H42N2O4. The van der Waals surface area contributed by atoms with E-state index >= 15 is 0 Å². The van der Waals surface area contributed by atoms with E-state index in [2.05, 4.69) is 67.3 Å². The summed E-state index contributed by atoms with van der Waals surface area (Å²) in [5, 5.41) is 0. The van der Waals surface area contributed by atoms with Crippen LogP contribution in [0.3, 0.4) is 0 Å². The fraction of sp³-hybridized carbons (Fsp3) is 0.531. The lowest BCUT2D eigenvalue weighted by atomic mass is 9.83. The number of nitrogens with zero attached hydrogens (tertiary/aromatic N) is 2. The Morgan fingerprint density at radius 2 is 1.79 bits per heavy atom. The molecule has 1 spiro atoms. The Hall–Kier alpha value is -2.83. The second-order valence-electron chi connectivity index (χ2n) is 11.7. The molecule has 2 unspecified atom stereocenters. The zero-order valence-electron chi connectivity index (χ0n) is 23.5. The standard InChI is InChI=1S/C32H42N2O4/c1-6-8-19-33(7-2)29-28(36-29)24-15-13-23(14-16-24)26-22-32(37-27-12-10-9-11-25(26)27)17-20-34(21-18-32)30(35)38-31(3,4)5/h9-16,22,28-29H,6-8,17-21H2,1-5H3. The predicted octanol–water partition coefficient (Wildman–Crippen LogP) is 6.80. The van der Waals surface area contributed by atoms with Crippen molar-refractivity contribution in [1.29, 1.82) is 0 Å². The van der Waals surface area contributed by atoms with Gasteiger partial charge in [-0.15, -0.1) is 0 Å². The SMILES string of the molecule is CCCCN(CC)C1OC1c1ccc(C2=CC3(CCN(C(=O)OC(C)(C)C)CC3)Oc3ccccc32)cc1. The minimum Gasteiger partial charge on any atom is -0.482 e. The molecule has 0 radical (unpaired) electrons. The maximum atomic E-state index is 12.6. The fourth-order valence-electron chi connectivity index (χ4n) is 5.55. The lowest BCUT2D eigenvalue weighted by Crippen LogP contribution is -2.50. The first-order valence-corrected chi connectivity index (χ1v) is 14.2. The number of ether oxygens (including phenoxy) is 3. The van der Waals surface area contributed by atoms with Crippen molar-refractivity contribution in [1.82, 2.24) is 9.80 Å². The Labute approximate surface area is 227 Å². The first-order chi connectivity index (χ1) is 18.2. The van der Waals surface area contributed by atoms with E-state index in [9.17, 15) is 4.79 Å². The van der Waals surface area contributed by atoms with E-state index < -0.39 is 11.2 Å². The summed E-state index contributed by atoms with van der Waals surface area (Å²) in [6.07, 6.45) is 6.24. The van der Waals surface area contributed by atoms with Gasteiger partial charge in [0.1, 0.15) is 29.3 Å². The number of carbonyl (C=O) groups is 1. The summed E-state index contributed by atoms with van der Waals surface area (Å²) in [6.45, 7) is 13.5. The third-order valence-electron chi connectivity index (χ3n) is 7.74. The van der Waals surface area contributed by atoms with E-state index in [1.54, 1.807) is 4.90 Å². The molecule has 2 atom stereocenters. The molecule has 1 amide bonds. The number of rotatable bonds is 7. The molecule has 5 rings (SSSR count). The number of para-hydroxylation sites is 1. The van der Waals surface area contributed by atoms with E-state index in [0.29, 0.717) is 13.1 Å². The summed E-state index contributed by atoms with van der Waals surface area (Å²) in [6, 6.07) is 17.1. The van der Waals surface area contributed by atoms with Gasteiger partial charge in [-0.3, -0.25) is 4.90 Å². The van der Waals surface area contributed by atoms with Crippen LogP contribution in [0, 0.1) is 0 Å². The Balaban J connectivity index is 1.33. The molecule has 6 nitrogen and oxygen atoms in total. The van der Waals surface area contributed by atoms with Gasteiger partial charge < -0.3 is 19.1 Å². The molecule has 204 valence electrons. The highest BCUT2D eigenvalue weighted by atomic mass is 16.6. The molecule has 2 saturated heterocycles. The third-order valence-corrected chi connectivity index (χ3v) is 7.74. The number of hydrogen-bond acceptors (Lipinski definition) is 5. The molecular weight excluding hydrogens is 476 g/mol. The smallest absolute Gasteiger partial charge is 0.410 e. The average molecular weight is 519 g/mol. The van der Waals surface area contributed by atoms with Crippen molar-refractivity contribution in [3.8, 4) is 5.75 Å². The van der Waals surface area contributed by atoms with E-state index in [1.807, 2.05) is 26.8 Å². The summed E-state index contributed by atoms with van der Waals surface area (Å²) >= 11 is 0. The Kier molecular flexibility index (Phi) is 7.56. The highest BCUT2D eigenvalue weighted by molar-refractivity contribution is 5.85. The van der Waals surface area contributed by atoms with Gasteiger partial charge in [0.15, 0.2) is 0 Å². The van der Waals surface area contributed by atoms with Crippen LogP contribution in [-0.4, -0.2) is 59.5 Å². The van der Waals surface area contributed by atoms with Gasteiger partial charge in [-0.2, -0.15) is 0 Å². The van der Waals surface area contributed by atoms with Crippen molar-refractivity contribution >= 4 is 11.7 Å². The normalized spacial score (nSPS) is 22.1. The van der Waals surface area contributed by atoms with Crippen LogP contribution in [-0.2, 0) is 9.47 Å². The highest BCUT2D eigenvalue weighted by Gasteiger charge is 2.44. The highest BCUT2D eigenvalue weighted by Crippen LogP contribution is 2.45. The molecule has 3 heterocycles. The van der Waals surface area contributed by atoms with Crippen molar-refractivity contribution < 1.29 is 19.0 Å². The number of amides is 1. The molecule has 38 heavy (non-hydrogen) atoms. The van der Waals surface area contributed by atoms with Crippen molar-refractivity contribution in [2.75, 3.05) is 26.2 Å². The number of carbonyl (C=O) groups excluding carboxylic acids is 1. The monoisotopic (exact) mass is 518 g/mol. The van der Waals surface area contributed by atoms with E-state index in [1.165, 1.54) is 29.5 Å². The number of hydrogen-bond donors (Lipinski definition) is 0. The Bertz CT molecular complexity index is 1160. The number of epoxide rings is 1. The first-order valence-electron chi connectivity index (χ1n) is 14.2.